The largest absolute Gasteiger partial charge is 0.484 e. The summed E-state index contributed by atoms with van der Waals surface area (Å²) in [6.07, 6.45) is 0. The first-order chi connectivity index (χ1) is 15.0. The Morgan fingerprint density at radius 3 is 2.56 bits per heavy atom. The average molecular weight is 476 g/mol. The van der Waals surface area contributed by atoms with Gasteiger partial charge in [-0.15, -0.1) is 12.4 Å². The Hall–Kier alpha value is -2.19. The van der Waals surface area contributed by atoms with E-state index in [1.165, 1.54) is 5.56 Å². The van der Waals surface area contributed by atoms with E-state index < -0.39 is 0 Å². The fourth-order valence-corrected chi connectivity index (χ4v) is 4.65. The molecule has 3 aromatic rings. The summed E-state index contributed by atoms with van der Waals surface area (Å²) < 4.78 is 12.3. The van der Waals surface area contributed by atoms with Crippen molar-refractivity contribution in [1.82, 2.24) is 9.88 Å². The first kappa shape index (κ1) is 24.5. The highest BCUT2D eigenvalue weighted by Crippen LogP contribution is 2.32. The summed E-state index contributed by atoms with van der Waals surface area (Å²) >= 11 is 1.56. The zero-order valence-corrected chi connectivity index (χ0v) is 20.4. The van der Waals surface area contributed by atoms with Gasteiger partial charge in [0, 0.05) is 26.2 Å². The fraction of sp³-hybridized carbons (Fsp3) is 0.417. The highest BCUT2D eigenvalue weighted by molar-refractivity contribution is 7.22. The van der Waals surface area contributed by atoms with Crippen LogP contribution < -0.4 is 9.64 Å². The third-order valence-electron chi connectivity index (χ3n) is 5.73. The van der Waals surface area contributed by atoms with Gasteiger partial charge in [-0.05, 0) is 50.1 Å². The van der Waals surface area contributed by atoms with Crippen LogP contribution >= 0.6 is 23.7 Å². The van der Waals surface area contributed by atoms with Gasteiger partial charge in [0.05, 0.1) is 23.4 Å². The monoisotopic (exact) mass is 475 g/mol. The second-order valence-electron chi connectivity index (χ2n) is 7.95. The van der Waals surface area contributed by atoms with Gasteiger partial charge >= 0.3 is 0 Å². The Kier molecular flexibility index (Phi) is 8.48. The third-order valence-corrected chi connectivity index (χ3v) is 6.78. The predicted molar refractivity (Wildman–Crippen MR) is 133 cm³/mol. The van der Waals surface area contributed by atoms with Crippen molar-refractivity contribution >= 4 is 45.0 Å². The van der Waals surface area contributed by atoms with E-state index in [-0.39, 0.29) is 24.9 Å². The molecule has 1 fully saturated rings. The van der Waals surface area contributed by atoms with Crippen LogP contribution in [0.3, 0.4) is 0 Å². The molecule has 172 valence electrons. The molecule has 4 rings (SSSR count). The van der Waals surface area contributed by atoms with E-state index in [9.17, 15) is 4.79 Å². The van der Waals surface area contributed by atoms with Gasteiger partial charge < -0.3 is 9.47 Å². The number of hydrogen-bond acceptors (Lipinski definition) is 6. The number of aromatic nitrogens is 1. The van der Waals surface area contributed by atoms with Crippen LogP contribution in [0, 0.1) is 20.8 Å². The van der Waals surface area contributed by atoms with Crippen LogP contribution in [0.5, 0.6) is 5.75 Å². The lowest BCUT2D eigenvalue weighted by Gasteiger charge is -2.29. The van der Waals surface area contributed by atoms with Crippen molar-refractivity contribution in [3.05, 3.63) is 53.1 Å². The van der Waals surface area contributed by atoms with Crippen LogP contribution in [0.2, 0.25) is 0 Å². The molecule has 1 aliphatic rings. The number of anilines is 1. The average Bonchev–Trinajstić information content (AvgIpc) is 3.21. The van der Waals surface area contributed by atoms with Gasteiger partial charge in [0.1, 0.15) is 5.75 Å². The molecule has 6 nitrogen and oxygen atoms in total. The first-order valence-corrected chi connectivity index (χ1v) is 11.5. The van der Waals surface area contributed by atoms with Gasteiger partial charge in [-0.2, -0.15) is 0 Å². The predicted octanol–water partition coefficient (Wildman–Crippen LogP) is 4.39. The van der Waals surface area contributed by atoms with Crippen LogP contribution in [0.15, 0.2) is 36.4 Å². The minimum Gasteiger partial charge on any atom is -0.484 e. The van der Waals surface area contributed by atoms with E-state index in [1.54, 1.807) is 16.2 Å². The number of hydrogen-bond donors (Lipinski definition) is 0. The quantitative estimate of drug-likeness (QED) is 0.507. The van der Waals surface area contributed by atoms with Crippen molar-refractivity contribution in [3.63, 3.8) is 0 Å². The number of ether oxygens (including phenoxy) is 2. The summed E-state index contributed by atoms with van der Waals surface area (Å²) in [7, 11) is 0. The van der Waals surface area contributed by atoms with E-state index in [2.05, 4.69) is 30.9 Å². The van der Waals surface area contributed by atoms with Gasteiger partial charge in [0.2, 0.25) is 0 Å². The Morgan fingerprint density at radius 2 is 1.84 bits per heavy atom. The molecular weight excluding hydrogens is 446 g/mol. The SMILES string of the molecule is Cc1ccc(OCC(=O)N(CCN2CCOCC2)c2nc3c(C)c(C)ccc3s2)cc1.Cl. The number of fused-ring (bicyclic) bond motifs is 1. The number of rotatable bonds is 7. The maximum atomic E-state index is 13.2. The fourth-order valence-electron chi connectivity index (χ4n) is 3.58. The summed E-state index contributed by atoms with van der Waals surface area (Å²) in [6, 6.07) is 11.9. The molecule has 32 heavy (non-hydrogen) atoms. The molecule has 2 aromatic carbocycles. The number of amides is 1. The Labute approximate surface area is 199 Å². The molecule has 1 amide bonds. The first-order valence-electron chi connectivity index (χ1n) is 10.7. The number of nitrogens with zero attached hydrogens (tertiary/aromatic N) is 3. The standard InChI is InChI=1S/C24H29N3O3S.ClH/c1-17-4-7-20(8-5-17)30-16-22(28)27(11-10-26-12-14-29-15-13-26)24-25-23-19(3)18(2)6-9-21(23)31-24;/h4-9H,10-16H2,1-3H3;1H. The van der Waals surface area contributed by atoms with Crippen LogP contribution in [0.25, 0.3) is 10.2 Å². The van der Waals surface area contributed by atoms with Gasteiger partial charge in [-0.1, -0.05) is 35.1 Å². The second-order valence-corrected chi connectivity index (χ2v) is 8.96. The molecule has 8 heteroatoms. The molecule has 0 saturated carbocycles. The van der Waals surface area contributed by atoms with E-state index >= 15 is 0 Å². The van der Waals surface area contributed by atoms with Crippen molar-refractivity contribution in [3.8, 4) is 5.75 Å². The molecule has 0 atom stereocenters. The lowest BCUT2D eigenvalue weighted by molar-refractivity contribution is -0.120. The van der Waals surface area contributed by atoms with Crippen molar-refractivity contribution in [2.75, 3.05) is 50.9 Å². The Balaban J connectivity index is 0.00000289. The molecule has 1 aliphatic heterocycles. The lowest BCUT2D eigenvalue weighted by Crippen LogP contribution is -2.44. The molecule has 0 unspecified atom stereocenters. The van der Waals surface area contributed by atoms with Crippen molar-refractivity contribution in [1.29, 1.82) is 0 Å². The van der Waals surface area contributed by atoms with Crippen LogP contribution in [-0.4, -0.2) is 61.8 Å². The number of carbonyl (C=O) groups excluding carboxylic acids is 1. The van der Waals surface area contributed by atoms with Crippen LogP contribution in [0.1, 0.15) is 16.7 Å². The van der Waals surface area contributed by atoms with E-state index in [1.807, 2.05) is 31.2 Å². The lowest BCUT2D eigenvalue weighted by atomic mass is 10.1. The molecular formula is C24H30ClN3O3S. The zero-order valence-electron chi connectivity index (χ0n) is 18.8. The maximum absolute atomic E-state index is 13.2. The molecule has 0 spiro atoms. The summed E-state index contributed by atoms with van der Waals surface area (Å²) in [4.78, 5) is 22.2. The molecule has 1 saturated heterocycles. The second kappa shape index (κ2) is 11.1. The minimum atomic E-state index is -0.0812. The number of morpholine rings is 1. The molecule has 0 aliphatic carbocycles. The van der Waals surface area contributed by atoms with Gasteiger partial charge in [0.25, 0.3) is 5.91 Å². The van der Waals surface area contributed by atoms with Crippen LogP contribution in [-0.2, 0) is 9.53 Å². The van der Waals surface area contributed by atoms with Crippen molar-refractivity contribution in [2.24, 2.45) is 0 Å². The van der Waals surface area contributed by atoms with Crippen molar-refractivity contribution < 1.29 is 14.3 Å². The minimum absolute atomic E-state index is 0. The number of thiazole rings is 1. The van der Waals surface area contributed by atoms with Gasteiger partial charge in [-0.25, -0.2) is 4.98 Å². The van der Waals surface area contributed by atoms with Crippen molar-refractivity contribution in [2.45, 2.75) is 20.8 Å². The van der Waals surface area contributed by atoms with Gasteiger partial charge in [0.15, 0.2) is 11.7 Å². The summed E-state index contributed by atoms with van der Waals surface area (Å²) in [5.41, 5.74) is 4.50. The summed E-state index contributed by atoms with van der Waals surface area (Å²) in [6.45, 7) is 10.8. The molecule has 2 heterocycles. The number of halogens is 1. The zero-order chi connectivity index (χ0) is 21.8. The van der Waals surface area contributed by atoms with E-state index in [0.29, 0.717) is 12.3 Å². The summed E-state index contributed by atoms with van der Waals surface area (Å²) in [5, 5.41) is 0.731. The summed E-state index contributed by atoms with van der Waals surface area (Å²) in [5.74, 6) is 0.616. The number of benzene rings is 2. The molecule has 0 bridgehead atoms. The molecule has 0 N–H and O–H groups in total. The number of aryl methyl sites for hydroxylation is 3. The molecule has 1 aromatic heterocycles. The third kappa shape index (κ3) is 5.78. The highest BCUT2D eigenvalue weighted by Gasteiger charge is 2.22. The van der Waals surface area contributed by atoms with E-state index in [4.69, 9.17) is 14.5 Å². The van der Waals surface area contributed by atoms with Gasteiger partial charge in [-0.3, -0.25) is 14.6 Å². The Morgan fingerprint density at radius 1 is 1.12 bits per heavy atom. The van der Waals surface area contributed by atoms with Crippen LogP contribution in [0.4, 0.5) is 5.13 Å². The molecule has 0 radical (unpaired) electrons. The number of carbonyl (C=O) groups is 1. The Bertz CT molecular complexity index is 1050. The normalized spacial score (nSPS) is 14.2. The highest BCUT2D eigenvalue weighted by atomic mass is 35.5. The van der Waals surface area contributed by atoms with E-state index in [0.717, 1.165) is 59.3 Å². The smallest absolute Gasteiger partial charge is 0.266 e. The maximum Gasteiger partial charge on any atom is 0.266 e. The topological polar surface area (TPSA) is 54.9 Å².